The van der Waals surface area contributed by atoms with E-state index in [1.54, 1.807) is 12.3 Å². The number of hydrogen-bond donors (Lipinski definition) is 1. The van der Waals surface area contributed by atoms with Gasteiger partial charge in [0.1, 0.15) is 11.9 Å². The molecule has 0 aliphatic heterocycles. The lowest BCUT2D eigenvalue weighted by Crippen LogP contribution is -2.27. The molecule has 1 atom stereocenters. The second-order valence-electron chi connectivity index (χ2n) is 5.00. The largest absolute Gasteiger partial charge is 0.376 e. The first kappa shape index (κ1) is 12.6. The predicted molar refractivity (Wildman–Crippen MR) is 76.8 cm³/mol. The minimum atomic E-state index is -0.397. The van der Waals surface area contributed by atoms with Gasteiger partial charge >= 0.3 is 5.69 Å². The standard InChI is InChI=1S/C15H15N3O2/c19-18(20)15-10-16-8-7-14(15)17-13-6-5-11-3-1-2-4-12(11)9-13/h1-4,7-8,10,13H,5-6,9H2,(H,16,17). The normalized spacial score (nSPS) is 17.3. The number of nitrogens with zero attached hydrogens (tertiary/aromatic N) is 2. The Balaban J connectivity index is 1.79. The van der Waals surface area contributed by atoms with Crippen molar-refractivity contribution in [2.24, 2.45) is 0 Å². The van der Waals surface area contributed by atoms with Crippen molar-refractivity contribution in [1.82, 2.24) is 4.98 Å². The summed E-state index contributed by atoms with van der Waals surface area (Å²) in [5, 5.41) is 14.3. The van der Waals surface area contributed by atoms with Crippen molar-refractivity contribution < 1.29 is 4.92 Å². The second-order valence-corrected chi connectivity index (χ2v) is 5.00. The van der Waals surface area contributed by atoms with Gasteiger partial charge in [-0.15, -0.1) is 0 Å². The molecule has 1 N–H and O–H groups in total. The third-order valence-electron chi connectivity index (χ3n) is 3.70. The third kappa shape index (κ3) is 2.47. The Morgan fingerprint density at radius 2 is 2.05 bits per heavy atom. The number of hydrogen-bond acceptors (Lipinski definition) is 4. The van der Waals surface area contributed by atoms with Crippen LogP contribution in [0.4, 0.5) is 11.4 Å². The molecular formula is C15H15N3O2. The summed E-state index contributed by atoms with van der Waals surface area (Å²) in [5.74, 6) is 0. The van der Waals surface area contributed by atoms with Crippen LogP contribution in [-0.2, 0) is 12.8 Å². The van der Waals surface area contributed by atoms with E-state index < -0.39 is 4.92 Å². The van der Waals surface area contributed by atoms with Crippen LogP contribution in [0.25, 0.3) is 0 Å². The summed E-state index contributed by atoms with van der Waals surface area (Å²) < 4.78 is 0. The minimum Gasteiger partial charge on any atom is -0.376 e. The van der Waals surface area contributed by atoms with E-state index in [1.165, 1.54) is 17.3 Å². The molecule has 5 nitrogen and oxygen atoms in total. The molecule has 0 amide bonds. The van der Waals surface area contributed by atoms with Gasteiger partial charge in [-0.2, -0.15) is 0 Å². The van der Waals surface area contributed by atoms with Crippen LogP contribution in [-0.4, -0.2) is 15.9 Å². The van der Waals surface area contributed by atoms with Gasteiger partial charge in [-0.1, -0.05) is 24.3 Å². The number of nitro groups is 1. The molecule has 0 spiro atoms. The number of aromatic nitrogens is 1. The number of rotatable bonds is 3. The first-order valence-electron chi connectivity index (χ1n) is 6.66. The fourth-order valence-corrected chi connectivity index (χ4v) is 2.69. The molecule has 2 aromatic rings. The van der Waals surface area contributed by atoms with Crippen LogP contribution in [0.1, 0.15) is 17.5 Å². The molecule has 1 heterocycles. The third-order valence-corrected chi connectivity index (χ3v) is 3.70. The Morgan fingerprint density at radius 1 is 1.25 bits per heavy atom. The highest BCUT2D eigenvalue weighted by Gasteiger charge is 2.21. The van der Waals surface area contributed by atoms with Gasteiger partial charge in [-0.3, -0.25) is 15.1 Å². The van der Waals surface area contributed by atoms with Crippen molar-refractivity contribution >= 4 is 11.4 Å². The lowest BCUT2D eigenvalue weighted by molar-refractivity contribution is -0.384. The number of benzene rings is 1. The van der Waals surface area contributed by atoms with Crippen LogP contribution in [0.15, 0.2) is 42.7 Å². The highest BCUT2D eigenvalue weighted by atomic mass is 16.6. The Kier molecular flexibility index (Phi) is 3.33. The molecule has 1 aliphatic rings. The fourth-order valence-electron chi connectivity index (χ4n) is 2.69. The van der Waals surface area contributed by atoms with Gasteiger partial charge in [0.15, 0.2) is 0 Å². The number of fused-ring (bicyclic) bond motifs is 1. The second kappa shape index (κ2) is 5.28. The molecule has 20 heavy (non-hydrogen) atoms. The van der Waals surface area contributed by atoms with E-state index in [1.807, 2.05) is 6.07 Å². The Labute approximate surface area is 116 Å². The quantitative estimate of drug-likeness (QED) is 0.687. The van der Waals surface area contributed by atoms with Gasteiger partial charge in [-0.05, 0) is 36.5 Å². The van der Waals surface area contributed by atoms with E-state index in [4.69, 9.17) is 0 Å². The van der Waals surface area contributed by atoms with Crippen LogP contribution in [0, 0.1) is 10.1 Å². The van der Waals surface area contributed by atoms with Crippen LogP contribution in [0.3, 0.4) is 0 Å². The maximum absolute atomic E-state index is 11.0. The summed E-state index contributed by atoms with van der Waals surface area (Å²) >= 11 is 0. The van der Waals surface area contributed by atoms with Gasteiger partial charge < -0.3 is 5.32 Å². The highest BCUT2D eigenvalue weighted by Crippen LogP contribution is 2.27. The number of anilines is 1. The number of nitrogens with one attached hydrogen (secondary N) is 1. The summed E-state index contributed by atoms with van der Waals surface area (Å²) in [4.78, 5) is 14.4. The van der Waals surface area contributed by atoms with E-state index in [0.29, 0.717) is 5.69 Å². The average Bonchev–Trinajstić information content (AvgIpc) is 2.47. The topological polar surface area (TPSA) is 68.1 Å². The summed E-state index contributed by atoms with van der Waals surface area (Å²) in [6.07, 6.45) is 5.75. The van der Waals surface area contributed by atoms with Crippen molar-refractivity contribution in [2.45, 2.75) is 25.3 Å². The Morgan fingerprint density at radius 3 is 2.85 bits per heavy atom. The molecule has 3 rings (SSSR count). The zero-order chi connectivity index (χ0) is 13.9. The summed E-state index contributed by atoms with van der Waals surface area (Å²) in [7, 11) is 0. The van der Waals surface area contributed by atoms with Crippen molar-refractivity contribution in [1.29, 1.82) is 0 Å². The summed E-state index contributed by atoms with van der Waals surface area (Å²) in [5.41, 5.74) is 3.29. The molecule has 0 radical (unpaired) electrons. The molecule has 1 aromatic carbocycles. The summed E-state index contributed by atoms with van der Waals surface area (Å²) in [6, 6.07) is 10.3. The smallest absolute Gasteiger partial charge is 0.310 e. The lowest BCUT2D eigenvalue weighted by Gasteiger charge is -2.26. The molecular weight excluding hydrogens is 254 g/mol. The number of aryl methyl sites for hydroxylation is 1. The Bertz CT molecular complexity index is 643. The molecule has 0 saturated carbocycles. The zero-order valence-corrected chi connectivity index (χ0v) is 11.0. The van der Waals surface area contributed by atoms with Crippen molar-refractivity contribution in [2.75, 3.05) is 5.32 Å². The van der Waals surface area contributed by atoms with Crippen molar-refractivity contribution in [3.63, 3.8) is 0 Å². The first-order valence-corrected chi connectivity index (χ1v) is 6.66. The Hall–Kier alpha value is -2.43. The van der Waals surface area contributed by atoms with Gasteiger partial charge in [0, 0.05) is 12.2 Å². The maximum Gasteiger partial charge on any atom is 0.310 e. The molecule has 1 aromatic heterocycles. The van der Waals surface area contributed by atoms with E-state index in [9.17, 15) is 10.1 Å². The summed E-state index contributed by atoms with van der Waals surface area (Å²) in [6.45, 7) is 0. The molecule has 102 valence electrons. The van der Waals surface area contributed by atoms with Crippen LogP contribution in [0.5, 0.6) is 0 Å². The number of pyridine rings is 1. The van der Waals surface area contributed by atoms with Crippen molar-refractivity contribution in [3.8, 4) is 0 Å². The van der Waals surface area contributed by atoms with Crippen molar-refractivity contribution in [3.05, 3.63) is 64.0 Å². The van der Waals surface area contributed by atoms with Crippen LogP contribution >= 0.6 is 0 Å². The molecule has 5 heteroatoms. The predicted octanol–water partition coefficient (Wildman–Crippen LogP) is 2.96. The van der Waals surface area contributed by atoms with Crippen LogP contribution in [0.2, 0.25) is 0 Å². The molecule has 1 aliphatic carbocycles. The van der Waals surface area contributed by atoms with E-state index in [2.05, 4.69) is 28.5 Å². The molecule has 1 unspecified atom stereocenters. The maximum atomic E-state index is 11.0. The highest BCUT2D eigenvalue weighted by molar-refractivity contribution is 5.60. The SMILES string of the molecule is O=[N+]([O-])c1cnccc1NC1CCc2ccccc2C1. The lowest BCUT2D eigenvalue weighted by atomic mass is 9.88. The monoisotopic (exact) mass is 269 g/mol. The molecule has 0 fully saturated rings. The average molecular weight is 269 g/mol. The zero-order valence-electron chi connectivity index (χ0n) is 11.0. The van der Waals surface area contributed by atoms with E-state index in [0.717, 1.165) is 19.3 Å². The van der Waals surface area contributed by atoms with Gasteiger partial charge in [0.2, 0.25) is 0 Å². The molecule has 0 saturated heterocycles. The fraction of sp³-hybridized carbons (Fsp3) is 0.267. The minimum absolute atomic E-state index is 0.0337. The van der Waals surface area contributed by atoms with E-state index >= 15 is 0 Å². The van der Waals surface area contributed by atoms with Gasteiger partial charge in [-0.25, -0.2) is 0 Å². The van der Waals surface area contributed by atoms with E-state index in [-0.39, 0.29) is 11.7 Å². The molecule has 0 bridgehead atoms. The first-order chi connectivity index (χ1) is 9.74. The van der Waals surface area contributed by atoms with Gasteiger partial charge in [0.25, 0.3) is 0 Å². The van der Waals surface area contributed by atoms with Crippen LogP contribution < -0.4 is 5.32 Å². The van der Waals surface area contributed by atoms with Gasteiger partial charge in [0.05, 0.1) is 4.92 Å².